The number of hydrogen-bond acceptors (Lipinski definition) is 5. The van der Waals surface area contributed by atoms with Crippen LogP contribution in [0.1, 0.15) is 59.3 Å². The SMILES string of the molecule is CC(=O)SC1CC2=CC(=O)C=CC2(C)C2CCC3(C)C(C4CC4C34CCC(=O)O4)C12. The maximum absolute atomic E-state index is 12.2. The minimum Gasteiger partial charge on any atom is -0.458 e. The van der Waals surface area contributed by atoms with E-state index in [1.165, 1.54) is 23.8 Å². The van der Waals surface area contributed by atoms with Gasteiger partial charge in [0.2, 0.25) is 0 Å². The first-order valence-corrected chi connectivity index (χ1v) is 12.4. The summed E-state index contributed by atoms with van der Waals surface area (Å²) in [7, 11) is 0. The summed E-state index contributed by atoms with van der Waals surface area (Å²) < 4.78 is 6.20. The van der Waals surface area contributed by atoms with Crippen molar-refractivity contribution in [2.24, 2.45) is 40.4 Å². The highest BCUT2D eigenvalue weighted by molar-refractivity contribution is 8.14. The van der Waals surface area contributed by atoms with Crippen LogP contribution in [0.25, 0.3) is 0 Å². The maximum Gasteiger partial charge on any atom is 0.306 e. The van der Waals surface area contributed by atoms with Gasteiger partial charge in [0.1, 0.15) is 5.60 Å². The monoisotopic (exact) mass is 426 g/mol. The van der Waals surface area contributed by atoms with Crippen LogP contribution in [0.3, 0.4) is 0 Å². The molecule has 4 saturated carbocycles. The number of ether oxygens (including phenoxy) is 1. The van der Waals surface area contributed by atoms with Crippen LogP contribution in [0, 0.1) is 40.4 Å². The summed E-state index contributed by atoms with van der Waals surface area (Å²) in [5, 5.41) is 0.379. The Morgan fingerprint density at radius 2 is 2.00 bits per heavy atom. The highest BCUT2D eigenvalue weighted by Gasteiger charge is 2.79. The van der Waals surface area contributed by atoms with Crippen molar-refractivity contribution in [3.8, 4) is 0 Å². The van der Waals surface area contributed by atoms with E-state index in [-0.39, 0.29) is 38.5 Å². The van der Waals surface area contributed by atoms with Crippen molar-refractivity contribution in [3.63, 3.8) is 0 Å². The number of hydrogen-bond donors (Lipinski definition) is 0. The van der Waals surface area contributed by atoms with Gasteiger partial charge in [-0.25, -0.2) is 0 Å². The fourth-order valence-corrected chi connectivity index (χ4v) is 10.0. The molecule has 5 fully saturated rings. The van der Waals surface area contributed by atoms with E-state index in [1.54, 1.807) is 13.0 Å². The molecule has 0 amide bonds. The molecule has 9 unspecified atom stereocenters. The predicted molar refractivity (Wildman–Crippen MR) is 114 cm³/mol. The molecule has 0 bridgehead atoms. The van der Waals surface area contributed by atoms with Gasteiger partial charge in [-0.15, -0.1) is 0 Å². The molecular formula is C25H30O4S. The minimum atomic E-state index is -0.273. The van der Waals surface area contributed by atoms with Crippen molar-refractivity contribution in [3.05, 3.63) is 23.8 Å². The lowest BCUT2D eigenvalue weighted by Crippen LogP contribution is -2.59. The van der Waals surface area contributed by atoms with E-state index in [4.69, 9.17) is 4.74 Å². The smallest absolute Gasteiger partial charge is 0.306 e. The zero-order valence-electron chi connectivity index (χ0n) is 18.0. The van der Waals surface area contributed by atoms with E-state index in [2.05, 4.69) is 19.9 Å². The third-order valence-corrected chi connectivity index (χ3v) is 11.1. The highest BCUT2D eigenvalue weighted by atomic mass is 32.2. The molecule has 5 aliphatic carbocycles. The number of ketones is 1. The van der Waals surface area contributed by atoms with Gasteiger partial charge in [0.25, 0.3) is 0 Å². The second-order valence-corrected chi connectivity index (χ2v) is 12.5. The van der Waals surface area contributed by atoms with E-state index in [9.17, 15) is 14.4 Å². The average Bonchev–Trinajstić information content (AvgIpc) is 3.31. The fourth-order valence-electron chi connectivity index (χ4n) is 8.82. The molecule has 0 aromatic heterocycles. The Morgan fingerprint density at radius 1 is 1.20 bits per heavy atom. The second kappa shape index (κ2) is 5.90. The number of carbonyl (C=O) groups excluding carboxylic acids is 3. The summed E-state index contributed by atoms with van der Waals surface area (Å²) in [4.78, 5) is 36.6. The zero-order chi connectivity index (χ0) is 21.1. The molecular weight excluding hydrogens is 396 g/mol. The van der Waals surface area contributed by atoms with Gasteiger partial charge in [0.05, 0.1) is 0 Å². The molecule has 0 aromatic rings. The van der Waals surface area contributed by atoms with Crippen LogP contribution in [0.4, 0.5) is 0 Å². The molecule has 5 heteroatoms. The molecule has 0 N–H and O–H groups in total. The lowest BCUT2D eigenvalue weighted by molar-refractivity contribution is -0.174. The molecule has 1 saturated heterocycles. The Morgan fingerprint density at radius 3 is 2.70 bits per heavy atom. The summed E-state index contributed by atoms with van der Waals surface area (Å²) in [6.45, 7) is 6.37. The Labute approximate surface area is 182 Å². The van der Waals surface area contributed by atoms with Crippen molar-refractivity contribution in [2.75, 3.05) is 0 Å². The molecule has 1 spiro atoms. The first-order chi connectivity index (χ1) is 14.2. The molecule has 1 heterocycles. The first-order valence-electron chi connectivity index (χ1n) is 11.5. The number of rotatable bonds is 1. The van der Waals surface area contributed by atoms with E-state index < -0.39 is 0 Å². The van der Waals surface area contributed by atoms with Gasteiger partial charge in [-0.1, -0.05) is 37.3 Å². The Kier molecular flexibility index (Phi) is 3.81. The molecule has 30 heavy (non-hydrogen) atoms. The minimum absolute atomic E-state index is 0.00921. The van der Waals surface area contributed by atoms with E-state index in [0.29, 0.717) is 36.0 Å². The van der Waals surface area contributed by atoms with Crippen molar-refractivity contribution in [1.82, 2.24) is 0 Å². The number of fused-ring (bicyclic) bond motifs is 9. The zero-order valence-corrected chi connectivity index (χ0v) is 18.8. The highest BCUT2D eigenvalue weighted by Crippen LogP contribution is 2.79. The van der Waals surface area contributed by atoms with Crippen molar-refractivity contribution < 1.29 is 19.1 Å². The molecule has 1 aliphatic heterocycles. The van der Waals surface area contributed by atoms with Crippen LogP contribution in [0.5, 0.6) is 0 Å². The summed E-state index contributed by atoms with van der Waals surface area (Å²) in [6, 6.07) is 0. The average molecular weight is 427 g/mol. The van der Waals surface area contributed by atoms with Crippen LogP contribution in [-0.2, 0) is 19.1 Å². The van der Waals surface area contributed by atoms with E-state index >= 15 is 0 Å². The summed E-state index contributed by atoms with van der Waals surface area (Å²) >= 11 is 1.49. The molecule has 0 aromatic carbocycles. The Hall–Kier alpha value is -1.36. The number of thioether (sulfide) groups is 1. The molecule has 6 aliphatic rings. The van der Waals surface area contributed by atoms with Gasteiger partial charge < -0.3 is 4.74 Å². The number of allylic oxidation sites excluding steroid dienone is 4. The first kappa shape index (κ1) is 19.3. The third kappa shape index (κ3) is 2.23. The fraction of sp³-hybridized carbons (Fsp3) is 0.720. The van der Waals surface area contributed by atoms with Crippen molar-refractivity contribution in [2.45, 2.75) is 70.1 Å². The summed E-state index contributed by atoms with van der Waals surface area (Å²) in [5.41, 5.74) is 0.853. The van der Waals surface area contributed by atoms with Gasteiger partial charge >= 0.3 is 5.97 Å². The third-order valence-electron chi connectivity index (χ3n) is 9.99. The summed E-state index contributed by atoms with van der Waals surface area (Å²) in [5.74, 6) is 2.54. The van der Waals surface area contributed by atoms with Gasteiger partial charge in [0, 0.05) is 35.3 Å². The van der Waals surface area contributed by atoms with Crippen LogP contribution < -0.4 is 0 Å². The van der Waals surface area contributed by atoms with Gasteiger partial charge in [0.15, 0.2) is 10.9 Å². The van der Waals surface area contributed by atoms with Crippen LogP contribution in [0.15, 0.2) is 23.8 Å². The lowest BCUT2D eigenvalue weighted by Gasteiger charge is -2.61. The standard InChI is InChI=1S/C25H30O4S/c1-13(26)30-19-11-14-10-15(27)4-7-23(14,2)17-5-8-24(3)22(21(17)19)16-12-18(16)25(24)9-6-20(28)29-25/h4,7,10,16-19,21-22H,5-6,8-9,11-12H2,1-3H3. The Bertz CT molecular complexity index is 935. The van der Waals surface area contributed by atoms with Crippen LogP contribution in [-0.4, -0.2) is 27.7 Å². The van der Waals surface area contributed by atoms with E-state index in [0.717, 1.165) is 25.7 Å². The van der Waals surface area contributed by atoms with Crippen molar-refractivity contribution in [1.29, 1.82) is 0 Å². The maximum atomic E-state index is 12.2. The molecule has 4 nitrogen and oxygen atoms in total. The molecule has 160 valence electrons. The van der Waals surface area contributed by atoms with Gasteiger partial charge in [-0.2, -0.15) is 0 Å². The molecule has 0 radical (unpaired) electrons. The number of esters is 1. The molecule has 6 rings (SSSR count). The van der Waals surface area contributed by atoms with Gasteiger partial charge in [-0.05, 0) is 67.9 Å². The topological polar surface area (TPSA) is 60.4 Å². The van der Waals surface area contributed by atoms with Gasteiger partial charge in [-0.3, -0.25) is 14.4 Å². The largest absolute Gasteiger partial charge is 0.458 e. The normalized spacial score (nSPS) is 52.8. The predicted octanol–water partition coefficient (Wildman–Crippen LogP) is 4.48. The van der Waals surface area contributed by atoms with Crippen molar-refractivity contribution >= 4 is 28.6 Å². The Balaban J connectivity index is 1.45. The van der Waals surface area contributed by atoms with Crippen LogP contribution in [0.2, 0.25) is 0 Å². The quantitative estimate of drug-likeness (QED) is 0.579. The number of carbonyl (C=O) groups is 3. The lowest BCUT2D eigenvalue weighted by atomic mass is 9.46. The summed E-state index contributed by atoms with van der Waals surface area (Å²) in [6.07, 6.45) is 11.3. The second-order valence-electron chi connectivity index (χ2n) is 11.1. The van der Waals surface area contributed by atoms with Crippen LogP contribution >= 0.6 is 11.8 Å². The molecule has 9 atom stereocenters. The van der Waals surface area contributed by atoms with E-state index in [1.807, 2.05) is 6.08 Å².